The zero-order valence-electron chi connectivity index (χ0n) is 10.0. The van der Waals surface area contributed by atoms with Crippen LogP contribution in [0.1, 0.15) is 18.9 Å². The standard InChI is InChI=1S/C13H18ClNO2/c1-2-11-4-3-5-12(10-11)17-9-8-15-13(16)6-7-14/h3-5,10H,2,6-9H2,1H3,(H,15,16). The smallest absolute Gasteiger partial charge is 0.221 e. The van der Waals surface area contributed by atoms with Crippen LogP contribution in [0.5, 0.6) is 5.75 Å². The third-order valence-corrected chi connectivity index (χ3v) is 2.51. The number of nitrogens with one attached hydrogen (secondary N) is 1. The topological polar surface area (TPSA) is 38.3 Å². The number of halogens is 1. The highest BCUT2D eigenvalue weighted by molar-refractivity contribution is 6.18. The lowest BCUT2D eigenvalue weighted by molar-refractivity contribution is -0.120. The van der Waals surface area contributed by atoms with Crippen LogP contribution < -0.4 is 10.1 Å². The normalized spacial score (nSPS) is 10.0. The highest BCUT2D eigenvalue weighted by atomic mass is 35.5. The van der Waals surface area contributed by atoms with Gasteiger partial charge in [0.25, 0.3) is 0 Å². The summed E-state index contributed by atoms with van der Waals surface area (Å²) in [5.74, 6) is 1.16. The molecule has 0 fully saturated rings. The van der Waals surface area contributed by atoms with Gasteiger partial charge in [-0.2, -0.15) is 0 Å². The van der Waals surface area contributed by atoms with E-state index < -0.39 is 0 Å². The van der Waals surface area contributed by atoms with Crippen LogP contribution >= 0.6 is 11.6 Å². The lowest BCUT2D eigenvalue weighted by Gasteiger charge is -2.08. The lowest BCUT2D eigenvalue weighted by Crippen LogP contribution is -2.28. The van der Waals surface area contributed by atoms with E-state index in [1.807, 2.05) is 18.2 Å². The molecule has 0 aliphatic carbocycles. The second-order valence-electron chi connectivity index (χ2n) is 3.64. The Bertz CT molecular complexity index is 355. The number of amides is 1. The Balaban J connectivity index is 2.24. The summed E-state index contributed by atoms with van der Waals surface area (Å²) in [7, 11) is 0. The largest absolute Gasteiger partial charge is 0.492 e. The van der Waals surface area contributed by atoms with Crippen LogP contribution in [0.25, 0.3) is 0 Å². The van der Waals surface area contributed by atoms with Crippen molar-refractivity contribution in [3.8, 4) is 5.75 Å². The number of hydrogen-bond acceptors (Lipinski definition) is 2. The third kappa shape index (κ3) is 5.59. The molecule has 0 unspecified atom stereocenters. The van der Waals surface area contributed by atoms with Gasteiger partial charge in [0, 0.05) is 12.3 Å². The van der Waals surface area contributed by atoms with Crippen LogP contribution in [-0.2, 0) is 11.2 Å². The van der Waals surface area contributed by atoms with E-state index in [4.69, 9.17) is 16.3 Å². The number of alkyl halides is 1. The molecule has 0 radical (unpaired) electrons. The molecule has 1 rings (SSSR count). The van der Waals surface area contributed by atoms with Crippen molar-refractivity contribution in [2.75, 3.05) is 19.0 Å². The van der Waals surface area contributed by atoms with Crippen molar-refractivity contribution in [1.29, 1.82) is 0 Å². The molecule has 1 aromatic carbocycles. The summed E-state index contributed by atoms with van der Waals surface area (Å²) in [4.78, 5) is 11.1. The Kier molecular flexibility index (Phi) is 6.48. The summed E-state index contributed by atoms with van der Waals surface area (Å²) < 4.78 is 5.53. The van der Waals surface area contributed by atoms with E-state index in [-0.39, 0.29) is 5.91 Å². The van der Waals surface area contributed by atoms with Crippen molar-refractivity contribution >= 4 is 17.5 Å². The number of ether oxygens (including phenoxy) is 1. The van der Waals surface area contributed by atoms with Crippen molar-refractivity contribution in [2.24, 2.45) is 0 Å². The maximum atomic E-state index is 11.1. The first-order valence-electron chi connectivity index (χ1n) is 5.80. The molecule has 0 atom stereocenters. The lowest BCUT2D eigenvalue weighted by atomic mass is 10.2. The van der Waals surface area contributed by atoms with Crippen LogP contribution in [0, 0.1) is 0 Å². The quantitative estimate of drug-likeness (QED) is 0.600. The van der Waals surface area contributed by atoms with Crippen molar-refractivity contribution in [2.45, 2.75) is 19.8 Å². The molecule has 0 spiro atoms. The van der Waals surface area contributed by atoms with Crippen molar-refractivity contribution < 1.29 is 9.53 Å². The number of rotatable bonds is 7. The van der Waals surface area contributed by atoms with Crippen LogP contribution in [0.2, 0.25) is 0 Å². The molecule has 17 heavy (non-hydrogen) atoms. The highest BCUT2D eigenvalue weighted by Crippen LogP contribution is 2.13. The molecule has 94 valence electrons. The van der Waals surface area contributed by atoms with E-state index in [0.29, 0.717) is 25.5 Å². The predicted octanol–water partition coefficient (Wildman–Crippen LogP) is 2.37. The fourth-order valence-corrected chi connectivity index (χ4v) is 1.56. The minimum atomic E-state index is -0.0362. The molecule has 0 saturated carbocycles. The molecule has 0 heterocycles. The fourth-order valence-electron chi connectivity index (χ4n) is 1.39. The van der Waals surface area contributed by atoms with Crippen molar-refractivity contribution in [3.05, 3.63) is 29.8 Å². The van der Waals surface area contributed by atoms with Gasteiger partial charge >= 0.3 is 0 Å². The molecular formula is C13H18ClNO2. The van der Waals surface area contributed by atoms with Crippen LogP contribution in [-0.4, -0.2) is 24.9 Å². The monoisotopic (exact) mass is 255 g/mol. The molecular weight excluding hydrogens is 238 g/mol. The SMILES string of the molecule is CCc1cccc(OCCNC(=O)CCCl)c1. The number of hydrogen-bond donors (Lipinski definition) is 1. The van der Waals surface area contributed by atoms with Gasteiger partial charge < -0.3 is 10.1 Å². The summed E-state index contributed by atoms with van der Waals surface area (Å²) in [6, 6.07) is 7.97. The number of carbonyl (C=O) groups is 1. The number of carbonyl (C=O) groups excluding carboxylic acids is 1. The average Bonchev–Trinajstić information content (AvgIpc) is 2.35. The van der Waals surface area contributed by atoms with E-state index in [2.05, 4.69) is 18.3 Å². The Labute approximate surface area is 107 Å². The highest BCUT2D eigenvalue weighted by Gasteiger charge is 1.99. The zero-order chi connectivity index (χ0) is 12.5. The number of benzene rings is 1. The zero-order valence-corrected chi connectivity index (χ0v) is 10.8. The molecule has 0 aromatic heterocycles. The number of aryl methyl sites for hydroxylation is 1. The van der Waals surface area contributed by atoms with E-state index in [0.717, 1.165) is 12.2 Å². The maximum absolute atomic E-state index is 11.1. The molecule has 1 amide bonds. The Morgan fingerprint density at radius 1 is 1.47 bits per heavy atom. The molecule has 1 N–H and O–H groups in total. The maximum Gasteiger partial charge on any atom is 0.221 e. The van der Waals surface area contributed by atoms with Crippen molar-refractivity contribution in [3.63, 3.8) is 0 Å². The van der Waals surface area contributed by atoms with Gasteiger partial charge in [-0.05, 0) is 24.1 Å². The van der Waals surface area contributed by atoms with Crippen LogP contribution in [0.3, 0.4) is 0 Å². The van der Waals surface area contributed by atoms with Gasteiger partial charge in [-0.3, -0.25) is 4.79 Å². The fraction of sp³-hybridized carbons (Fsp3) is 0.462. The molecule has 0 aliphatic rings. The first kappa shape index (κ1) is 13.8. The minimum Gasteiger partial charge on any atom is -0.492 e. The first-order chi connectivity index (χ1) is 8.26. The summed E-state index contributed by atoms with van der Waals surface area (Å²) in [6.45, 7) is 3.08. The summed E-state index contributed by atoms with van der Waals surface area (Å²) in [6.07, 6.45) is 1.34. The predicted molar refractivity (Wildman–Crippen MR) is 69.7 cm³/mol. The first-order valence-corrected chi connectivity index (χ1v) is 6.34. The Morgan fingerprint density at radius 2 is 2.29 bits per heavy atom. The minimum absolute atomic E-state index is 0.0362. The van der Waals surface area contributed by atoms with Crippen molar-refractivity contribution in [1.82, 2.24) is 5.32 Å². The van der Waals surface area contributed by atoms with Gasteiger partial charge in [-0.25, -0.2) is 0 Å². The second-order valence-corrected chi connectivity index (χ2v) is 4.02. The van der Waals surface area contributed by atoms with Gasteiger partial charge in [0.1, 0.15) is 12.4 Å². The summed E-state index contributed by atoms with van der Waals surface area (Å²) in [5.41, 5.74) is 1.24. The van der Waals surface area contributed by atoms with E-state index in [9.17, 15) is 4.79 Å². The molecule has 0 aliphatic heterocycles. The molecule has 3 nitrogen and oxygen atoms in total. The Morgan fingerprint density at radius 3 is 3.00 bits per heavy atom. The van der Waals surface area contributed by atoms with Crippen LogP contribution in [0.4, 0.5) is 0 Å². The van der Waals surface area contributed by atoms with Crippen LogP contribution in [0.15, 0.2) is 24.3 Å². The summed E-state index contributed by atoms with van der Waals surface area (Å²) in [5, 5.41) is 2.73. The summed E-state index contributed by atoms with van der Waals surface area (Å²) >= 11 is 5.45. The van der Waals surface area contributed by atoms with Gasteiger partial charge in [0.2, 0.25) is 5.91 Å². The van der Waals surface area contributed by atoms with E-state index >= 15 is 0 Å². The van der Waals surface area contributed by atoms with Gasteiger partial charge in [-0.15, -0.1) is 11.6 Å². The van der Waals surface area contributed by atoms with E-state index in [1.165, 1.54) is 5.56 Å². The third-order valence-electron chi connectivity index (χ3n) is 2.32. The van der Waals surface area contributed by atoms with Gasteiger partial charge in [0.15, 0.2) is 0 Å². The molecule has 4 heteroatoms. The average molecular weight is 256 g/mol. The molecule has 1 aromatic rings. The van der Waals surface area contributed by atoms with Gasteiger partial charge in [-0.1, -0.05) is 19.1 Å². The molecule has 0 saturated heterocycles. The van der Waals surface area contributed by atoms with Gasteiger partial charge in [0.05, 0.1) is 6.54 Å². The molecule has 0 bridgehead atoms. The Hall–Kier alpha value is -1.22. The second kappa shape index (κ2) is 7.96. The van der Waals surface area contributed by atoms with E-state index in [1.54, 1.807) is 0 Å².